The van der Waals surface area contributed by atoms with Gasteiger partial charge in [0.15, 0.2) is 4.96 Å². The van der Waals surface area contributed by atoms with Crippen LogP contribution in [0.25, 0.3) is 4.96 Å². The molecule has 2 aromatic heterocycles. The highest BCUT2D eigenvalue weighted by atomic mass is 35.5. The lowest BCUT2D eigenvalue weighted by atomic mass is 10.0. The van der Waals surface area contributed by atoms with Crippen molar-refractivity contribution in [1.29, 1.82) is 0 Å². The van der Waals surface area contributed by atoms with Crippen LogP contribution in [-0.2, 0) is 6.42 Å². The van der Waals surface area contributed by atoms with Crippen molar-refractivity contribution in [2.75, 3.05) is 7.05 Å². The van der Waals surface area contributed by atoms with Crippen molar-refractivity contribution in [3.8, 4) is 0 Å². The van der Waals surface area contributed by atoms with Crippen LogP contribution in [0, 0.1) is 6.92 Å². The van der Waals surface area contributed by atoms with E-state index in [4.69, 9.17) is 11.6 Å². The minimum atomic E-state index is 0.174. The van der Waals surface area contributed by atoms with Crippen LogP contribution >= 0.6 is 22.9 Å². The molecule has 20 heavy (non-hydrogen) atoms. The number of thiazole rings is 1. The second-order valence-electron chi connectivity index (χ2n) is 4.90. The van der Waals surface area contributed by atoms with Gasteiger partial charge in [-0.05, 0) is 31.2 Å². The zero-order valence-electron chi connectivity index (χ0n) is 11.4. The lowest BCUT2D eigenvalue weighted by molar-refractivity contribution is 0.586. The van der Waals surface area contributed by atoms with Crippen LogP contribution < -0.4 is 5.32 Å². The molecule has 2 heterocycles. The first-order chi connectivity index (χ1) is 9.67. The van der Waals surface area contributed by atoms with Crippen LogP contribution in [0.15, 0.2) is 36.0 Å². The summed E-state index contributed by atoms with van der Waals surface area (Å²) in [6.45, 7) is 2.05. The first-order valence-electron chi connectivity index (χ1n) is 6.52. The van der Waals surface area contributed by atoms with E-state index in [2.05, 4.69) is 33.0 Å². The molecular weight excluding hydrogens is 290 g/mol. The number of nitrogens with one attached hydrogen (secondary N) is 1. The highest BCUT2D eigenvalue weighted by molar-refractivity contribution is 7.15. The number of halogens is 1. The Morgan fingerprint density at radius 2 is 2.30 bits per heavy atom. The van der Waals surface area contributed by atoms with E-state index in [1.807, 2.05) is 31.6 Å². The number of fused-ring (bicyclic) bond motifs is 1. The van der Waals surface area contributed by atoms with E-state index in [0.717, 1.165) is 27.7 Å². The Balaban J connectivity index is 1.88. The fourth-order valence-electron chi connectivity index (χ4n) is 2.37. The number of rotatable bonds is 4. The van der Waals surface area contributed by atoms with E-state index in [-0.39, 0.29) is 6.04 Å². The molecule has 1 N–H and O–H groups in total. The number of hydrogen-bond acceptors (Lipinski definition) is 3. The Morgan fingerprint density at radius 1 is 1.45 bits per heavy atom. The summed E-state index contributed by atoms with van der Waals surface area (Å²) >= 11 is 8.01. The SMILES string of the molecule is CNC(Cc1cn2ccsc2n1)c1ccc(C)cc1Cl. The van der Waals surface area contributed by atoms with Gasteiger partial charge in [-0.25, -0.2) is 4.98 Å². The molecule has 1 atom stereocenters. The lowest BCUT2D eigenvalue weighted by Gasteiger charge is -2.17. The Morgan fingerprint density at radius 3 is 3.00 bits per heavy atom. The van der Waals surface area contributed by atoms with Gasteiger partial charge in [-0.3, -0.25) is 4.40 Å². The number of benzene rings is 1. The molecule has 0 aliphatic rings. The maximum absolute atomic E-state index is 6.36. The molecule has 0 aliphatic carbocycles. The number of nitrogens with zero attached hydrogens (tertiary/aromatic N) is 2. The van der Waals surface area contributed by atoms with Gasteiger partial charge in [-0.1, -0.05) is 23.7 Å². The summed E-state index contributed by atoms with van der Waals surface area (Å²) in [4.78, 5) is 5.66. The molecule has 1 unspecified atom stereocenters. The van der Waals surface area contributed by atoms with Crippen molar-refractivity contribution < 1.29 is 0 Å². The van der Waals surface area contributed by atoms with Crippen LogP contribution in [0.1, 0.15) is 22.9 Å². The molecule has 0 amide bonds. The third-order valence-corrected chi connectivity index (χ3v) is 4.53. The summed E-state index contributed by atoms with van der Waals surface area (Å²) in [6.07, 6.45) is 4.94. The number of imidazole rings is 1. The minimum absolute atomic E-state index is 0.174. The Labute approximate surface area is 127 Å². The van der Waals surface area contributed by atoms with E-state index in [1.54, 1.807) is 11.3 Å². The summed E-state index contributed by atoms with van der Waals surface area (Å²) in [7, 11) is 1.96. The van der Waals surface area contributed by atoms with Crippen LogP contribution in [0.4, 0.5) is 0 Å². The van der Waals surface area contributed by atoms with E-state index in [1.165, 1.54) is 5.56 Å². The molecule has 0 radical (unpaired) electrons. The average Bonchev–Trinajstić information content (AvgIpc) is 2.97. The second-order valence-corrected chi connectivity index (χ2v) is 6.18. The molecule has 0 spiro atoms. The Hall–Kier alpha value is -1.36. The van der Waals surface area contributed by atoms with E-state index in [9.17, 15) is 0 Å². The molecule has 3 nitrogen and oxygen atoms in total. The molecule has 5 heteroatoms. The van der Waals surface area contributed by atoms with Gasteiger partial charge in [-0.2, -0.15) is 0 Å². The molecule has 3 rings (SSSR count). The maximum atomic E-state index is 6.36. The molecule has 0 aliphatic heterocycles. The van der Waals surface area contributed by atoms with Crippen molar-refractivity contribution in [2.24, 2.45) is 0 Å². The fourth-order valence-corrected chi connectivity index (χ4v) is 3.45. The smallest absolute Gasteiger partial charge is 0.193 e. The van der Waals surface area contributed by atoms with E-state index >= 15 is 0 Å². The standard InChI is InChI=1S/C15H16ClN3S/c1-10-3-4-12(13(16)7-10)14(17-2)8-11-9-19-5-6-20-15(19)18-11/h3-7,9,14,17H,8H2,1-2H3. The largest absolute Gasteiger partial charge is 0.313 e. The second kappa shape index (κ2) is 5.56. The minimum Gasteiger partial charge on any atom is -0.313 e. The van der Waals surface area contributed by atoms with Crippen molar-refractivity contribution in [3.05, 3.63) is 57.8 Å². The molecule has 0 bridgehead atoms. The van der Waals surface area contributed by atoms with Crippen LogP contribution in [0.5, 0.6) is 0 Å². The summed E-state index contributed by atoms with van der Waals surface area (Å²) in [5.74, 6) is 0. The van der Waals surface area contributed by atoms with Gasteiger partial charge in [0.05, 0.1) is 5.69 Å². The highest BCUT2D eigenvalue weighted by Crippen LogP contribution is 2.26. The van der Waals surface area contributed by atoms with Gasteiger partial charge in [0.2, 0.25) is 0 Å². The number of likely N-dealkylation sites (N-methyl/N-ethyl adjacent to an activating group) is 1. The normalized spacial score (nSPS) is 12.9. The molecule has 1 aromatic carbocycles. The fraction of sp³-hybridized carbons (Fsp3) is 0.267. The van der Waals surface area contributed by atoms with Crippen molar-refractivity contribution in [2.45, 2.75) is 19.4 Å². The Bertz CT molecular complexity index is 703. The van der Waals surface area contributed by atoms with Gasteiger partial charge in [0, 0.05) is 35.3 Å². The third-order valence-electron chi connectivity index (χ3n) is 3.44. The van der Waals surface area contributed by atoms with E-state index in [0.29, 0.717) is 0 Å². The van der Waals surface area contributed by atoms with Gasteiger partial charge in [0.1, 0.15) is 0 Å². The molecule has 0 fully saturated rings. The van der Waals surface area contributed by atoms with Crippen molar-refractivity contribution in [3.63, 3.8) is 0 Å². The topological polar surface area (TPSA) is 29.3 Å². The van der Waals surface area contributed by atoms with Crippen molar-refractivity contribution >= 4 is 27.9 Å². The van der Waals surface area contributed by atoms with Gasteiger partial charge < -0.3 is 5.32 Å². The van der Waals surface area contributed by atoms with Crippen LogP contribution in [0.2, 0.25) is 5.02 Å². The number of aromatic nitrogens is 2. The van der Waals surface area contributed by atoms with Gasteiger partial charge in [-0.15, -0.1) is 11.3 Å². The first kappa shape index (κ1) is 13.6. The summed E-state index contributed by atoms with van der Waals surface area (Å²) in [5, 5.41) is 6.18. The molecule has 3 aromatic rings. The van der Waals surface area contributed by atoms with Gasteiger partial charge in [0.25, 0.3) is 0 Å². The molecule has 104 valence electrons. The summed E-state index contributed by atoms with van der Waals surface area (Å²) < 4.78 is 2.06. The molecule has 0 saturated heterocycles. The third kappa shape index (κ3) is 2.59. The first-order valence-corrected chi connectivity index (χ1v) is 7.77. The quantitative estimate of drug-likeness (QED) is 0.793. The highest BCUT2D eigenvalue weighted by Gasteiger charge is 2.15. The van der Waals surface area contributed by atoms with Crippen LogP contribution in [0.3, 0.4) is 0 Å². The van der Waals surface area contributed by atoms with E-state index < -0.39 is 0 Å². The zero-order chi connectivity index (χ0) is 14.1. The summed E-state index contributed by atoms with van der Waals surface area (Å²) in [5.41, 5.74) is 3.38. The number of hydrogen-bond donors (Lipinski definition) is 1. The molecular formula is C15H16ClN3S. The molecule has 0 saturated carbocycles. The lowest BCUT2D eigenvalue weighted by Crippen LogP contribution is -2.19. The predicted octanol–water partition coefficient (Wildman–Crippen LogP) is 3.86. The summed E-state index contributed by atoms with van der Waals surface area (Å²) in [6, 6.07) is 6.37. The Kier molecular flexibility index (Phi) is 3.78. The average molecular weight is 306 g/mol. The maximum Gasteiger partial charge on any atom is 0.193 e. The zero-order valence-corrected chi connectivity index (χ0v) is 13.0. The predicted molar refractivity (Wildman–Crippen MR) is 84.8 cm³/mol. The monoisotopic (exact) mass is 305 g/mol. The number of aryl methyl sites for hydroxylation is 1. The van der Waals surface area contributed by atoms with Gasteiger partial charge >= 0.3 is 0 Å². The van der Waals surface area contributed by atoms with Crippen molar-refractivity contribution in [1.82, 2.24) is 14.7 Å². The van der Waals surface area contributed by atoms with Crippen LogP contribution in [-0.4, -0.2) is 16.4 Å².